The van der Waals surface area contributed by atoms with Crippen molar-refractivity contribution in [3.63, 3.8) is 0 Å². The predicted molar refractivity (Wildman–Crippen MR) is 74.4 cm³/mol. The Kier molecular flexibility index (Phi) is 3.92. The molecule has 1 amide bonds. The Hall–Kier alpha value is -1.07. The van der Waals surface area contributed by atoms with Crippen LogP contribution in [-0.4, -0.2) is 23.7 Å². The highest BCUT2D eigenvalue weighted by Crippen LogP contribution is 2.27. The molecule has 4 nitrogen and oxygen atoms in total. The third-order valence-electron chi connectivity index (χ3n) is 3.42. The SMILES string of the molecule is Cc1c(N)cc(Br)cc1C(=O)NCC1CC(O)C1. The zero-order chi connectivity index (χ0) is 13.3. The van der Waals surface area contributed by atoms with Crippen LogP contribution in [0.5, 0.6) is 0 Å². The van der Waals surface area contributed by atoms with Crippen molar-refractivity contribution >= 4 is 27.5 Å². The fraction of sp³-hybridized carbons (Fsp3) is 0.462. The van der Waals surface area contributed by atoms with Gasteiger partial charge in [-0.05, 0) is 43.4 Å². The Morgan fingerprint density at radius 3 is 2.83 bits per heavy atom. The van der Waals surface area contributed by atoms with Crippen LogP contribution in [0, 0.1) is 12.8 Å². The Morgan fingerprint density at radius 1 is 1.56 bits per heavy atom. The number of amides is 1. The zero-order valence-electron chi connectivity index (χ0n) is 10.2. The predicted octanol–water partition coefficient (Wildman–Crippen LogP) is 1.84. The molecule has 98 valence electrons. The van der Waals surface area contributed by atoms with Gasteiger partial charge < -0.3 is 16.2 Å². The van der Waals surface area contributed by atoms with Gasteiger partial charge in [0.15, 0.2) is 0 Å². The summed E-state index contributed by atoms with van der Waals surface area (Å²) in [6, 6.07) is 3.56. The Labute approximate surface area is 115 Å². The maximum absolute atomic E-state index is 12.0. The van der Waals surface area contributed by atoms with Gasteiger partial charge in [-0.1, -0.05) is 15.9 Å². The minimum Gasteiger partial charge on any atom is -0.398 e. The van der Waals surface area contributed by atoms with Gasteiger partial charge >= 0.3 is 0 Å². The van der Waals surface area contributed by atoms with E-state index in [0.29, 0.717) is 23.7 Å². The van der Waals surface area contributed by atoms with Crippen molar-refractivity contribution in [2.45, 2.75) is 25.9 Å². The van der Waals surface area contributed by atoms with E-state index in [2.05, 4.69) is 21.2 Å². The molecule has 1 aromatic rings. The summed E-state index contributed by atoms with van der Waals surface area (Å²) >= 11 is 3.34. The van der Waals surface area contributed by atoms with Crippen LogP contribution < -0.4 is 11.1 Å². The highest BCUT2D eigenvalue weighted by molar-refractivity contribution is 9.10. The van der Waals surface area contributed by atoms with Gasteiger partial charge in [0.2, 0.25) is 0 Å². The number of nitrogen functional groups attached to an aromatic ring is 1. The number of aliphatic hydroxyl groups is 1. The molecule has 4 N–H and O–H groups in total. The summed E-state index contributed by atoms with van der Waals surface area (Å²) in [6.45, 7) is 2.45. The maximum Gasteiger partial charge on any atom is 0.251 e. The topological polar surface area (TPSA) is 75.4 Å². The smallest absolute Gasteiger partial charge is 0.251 e. The second-order valence-electron chi connectivity index (χ2n) is 4.87. The summed E-state index contributed by atoms with van der Waals surface area (Å²) in [4.78, 5) is 12.0. The second kappa shape index (κ2) is 5.28. The number of hydrogen-bond acceptors (Lipinski definition) is 3. The normalized spacial score (nSPS) is 22.4. The number of hydrogen-bond donors (Lipinski definition) is 3. The first kappa shape index (κ1) is 13.4. The number of carbonyl (C=O) groups excluding carboxylic acids is 1. The van der Waals surface area contributed by atoms with Gasteiger partial charge in [0, 0.05) is 22.3 Å². The summed E-state index contributed by atoms with van der Waals surface area (Å²) < 4.78 is 0.801. The van der Waals surface area contributed by atoms with E-state index < -0.39 is 0 Å². The standard InChI is InChI=1S/C13H17BrN2O2/c1-7-11(4-9(14)5-12(7)15)13(18)16-6-8-2-10(17)3-8/h4-5,8,10,17H,2-3,6,15H2,1H3,(H,16,18). The number of halogens is 1. The van der Waals surface area contributed by atoms with E-state index in [9.17, 15) is 9.90 Å². The molecule has 1 fully saturated rings. The van der Waals surface area contributed by atoms with E-state index in [0.717, 1.165) is 22.9 Å². The average molecular weight is 313 g/mol. The van der Waals surface area contributed by atoms with Crippen LogP contribution in [0.1, 0.15) is 28.8 Å². The third-order valence-corrected chi connectivity index (χ3v) is 3.88. The van der Waals surface area contributed by atoms with Gasteiger partial charge in [0.1, 0.15) is 0 Å². The van der Waals surface area contributed by atoms with E-state index in [1.807, 2.05) is 6.92 Å². The van der Waals surface area contributed by atoms with Crippen molar-refractivity contribution in [3.8, 4) is 0 Å². The van der Waals surface area contributed by atoms with E-state index in [1.54, 1.807) is 12.1 Å². The van der Waals surface area contributed by atoms with Crippen LogP contribution in [0.3, 0.4) is 0 Å². The Balaban J connectivity index is 2.00. The number of anilines is 1. The zero-order valence-corrected chi connectivity index (χ0v) is 11.8. The van der Waals surface area contributed by atoms with E-state index in [-0.39, 0.29) is 12.0 Å². The number of rotatable bonds is 3. The van der Waals surface area contributed by atoms with Crippen LogP contribution in [0.4, 0.5) is 5.69 Å². The van der Waals surface area contributed by atoms with Crippen molar-refractivity contribution in [3.05, 3.63) is 27.7 Å². The summed E-state index contributed by atoms with van der Waals surface area (Å²) in [7, 11) is 0. The van der Waals surface area contributed by atoms with Gasteiger partial charge in [-0.2, -0.15) is 0 Å². The minimum atomic E-state index is -0.185. The number of nitrogens with two attached hydrogens (primary N) is 1. The molecule has 0 unspecified atom stereocenters. The van der Waals surface area contributed by atoms with Crippen LogP contribution >= 0.6 is 15.9 Å². The average Bonchev–Trinajstić information content (AvgIpc) is 2.27. The van der Waals surface area contributed by atoms with E-state index in [1.165, 1.54) is 0 Å². The first-order valence-electron chi connectivity index (χ1n) is 5.99. The number of benzene rings is 1. The lowest BCUT2D eigenvalue weighted by Gasteiger charge is -2.31. The minimum absolute atomic E-state index is 0.109. The third kappa shape index (κ3) is 2.84. The van der Waals surface area contributed by atoms with Gasteiger partial charge in [-0.3, -0.25) is 4.79 Å². The lowest BCUT2D eigenvalue weighted by atomic mass is 9.82. The van der Waals surface area contributed by atoms with E-state index in [4.69, 9.17) is 5.73 Å². The van der Waals surface area contributed by atoms with Crippen molar-refractivity contribution in [1.29, 1.82) is 0 Å². The summed E-state index contributed by atoms with van der Waals surface area (Å²) in [6.07, 6.45) is 1.37. The molecule has 2 rings (SSSR count). The molecule has 0 radical (unpaired) electrons. The first-order valence-corrected chi connectivity index (χ1v) is 6.78. The van der Waals surface area contributed by atoms with Crippen molar-refractivity contribution in [1.82, 2.24) is 5.32 Å². The molecular weight excluding hydrogens is 296 g/mol. The van der Waals surface area contributed by atoms with Crippen LogP contribution in [0.15, 0.2) is 16.6 Å². The number of carbonyl (C=O) groups is 1. The molecule has 0 atom stereocenters. The highest BCUT2D eigenvalue weighted by atomic mass is 79.9. The fourth-order valence-corrected chi connectivity index (χ4v) is 2.61. The van der Waals surface area contributed by atoms with Gasteiger partial charge in [0.05, 0.1) is 6.10 Å². The summed E-state index contributed by atoms with van der Waals surface area (Å²) in [5.41, 5.74) is 7.83. The molecule has 0 aromatic heterocycles. The Bertz CT molecular complexity index is 470. The monoisotopic (exact) mass is 312 g/mol. The molecule has 1 aromatic carbocycles. The van der Waals surface area contributed by atoms with E-state index >= 15 is 0 Å². The van der Waals surface area contributed by atoms with Crippen molar-refractivity contribution < 1.29 is 9.90 Å². The van der Waals surface area contributed by atoms with Crippen LogP contribution in [-0.2, 0) is 0 Å². The molecule has 0 spiro atoms. The molecular formula is C13H17BrN2O2. The quantitative estimate of drug-likeness (QED) is 0.745. The molecule has 5 heteroatoms. The summed E-state index contributed by atoms with van der Waals surface area (Å²) in [5.74, 6) is 0.288. The maximum atomic E-state index is 12.0. The molecule has 1 aliphatic carbocycles. The molecule has 0 heterocycles. The lowest BCUT2D eigenvalue weighted by molar-refractivity contribution is 0.0420. The Morgan fingerprint density at radius 2 is 2.22 bits per heavy atom. The number of nitrogens with one attached hydrogen (secondary N) is 1. The molecule has 18 heavy (non-hydrogen) atoms. The lowest BCUT2D eigenvalue weighted by Crippen LogP contribution is -2.38. The molecule has 1 saturated carbocycles. The summed E-state index contributed by atoms with van der Waals surface area (Å²) in [5, 5.41) is 12.1. The second-order valence-corrected chi connectivity index (χ2v) is 5.78. The van der Waals surface area contributed by atoms with Gasteiger partial charge in [0.25, 0.3) is 5.91 Å². The highest BCUT2D eigenvalue weighted by Gasteiger charge is 2.27. The molecule has 0 aliphatic heterocycles. The van der Waals surface area contributed by atoms with Gasteiger partial charge in [-0.15, -0.1) is 0 Å². The fourth-order valence-electron chi connectivity index (χ4n) is 2.14. The molecule has 0 bridgehead atoms. The first-order chi connectivity index (χ1) is 8.47. The van der Waals surface area contributed by atoms with Crippen LogP contribution in [0.2, 0.25) is 0 Å². The van der Waals surface area contributed by atoms with Gasteiger partial charge in [-0.25, -0.2) is 0 Å². The molecule has 1 aliphatic rings. The number of aliphatic hydroxyl groups excluding tert-OH is 1. The van der Waals surface area contributed by atoms with Crippen LogP contribution in [0.25, 0.3) is 0 Å². The largest absolute Gasteiger partial charge is 0.398 e. The molecule has 0 saturated heterocycles. The van der Waals surface area contributed by atoms with Crippen molar-refractivity contribution in [2.75, 3.05) is 12.3 Å². The van der Waals surface area contributed by atoms with Crippen molar-refractivity contribution in [2.24, 2.45) is 5.92 Å².